The van der Waals surface area contributed by atoms with Crippen LogP contribution in [0.5, 0.6) is 0 Å². The number of nitrogens with zero attached hydrogens (tertiary/aromatic N) is 3. The first-order valence-electron chi connectivity index (χ1n) is 4.12. The minimum atomic E-state index is 0.911. The van der Waals surface area contributed by atoms with Crippen LogP contribution in [0.25, 0.3) is 0 Å². The number of hydrogen-bond donors (Lipinski definition) is 0. The highest BCUT2D eigenvalue weighted by atomic mass is 15.5. The maximum Gasteiger partial charge on any atom is 0.0831 e. The number of allylic oxidation sites excluding steroid dienone is 3. The van der Waals surface area contributed by atoms with Gasteiger partial charge in [0.25, 0.3) is 0 Å². The van der Waals surface area contributed by atoms with Gasteiger partial charge in [-0.3, -0.25) is 5.01 Å². The van der Waals surface area contributed by atoms with Crippen LogP contribution in [-0.2, 0) is 0 Å². The highest BCUT2D eigenvalue weighted by Crippen LogP contribution is 2.02. The molecule has 0 aliphatic carbocycles. The van der Waals surface area contributed by atoms with Gasteiger partial charge in [-0.25, -0.2) is 0 Å². The summed E-state index contributed by atoms with van der Waals surface area (Å²) in [6.45, 7) is 4.04. The van der Waals surface area contributed by atoms with Crippen LogP contribution in [0.1, 0.15) is 20.3 Å². The molecule has 0 bridgehead atoms. The number of rotatable bonds is 4. The Morgan fingerprint density at radius 3 is 2.50 bits per heavy atom. The first kappa shape index (κ1) is 10.9. The van der Waals surface area contributed by atoms with Gasteiger partial charge >= 0.3 is 0 Å². The molecule has 0 amide bonds. The van der Waals surface area contributed by atoms with Crippen LogP contribution in [0.15, 0.2) is 34.3 Å². The Balaban J connectivity index is 4.23. The first-order chi connectivity index (χ1) is 5.70. The Morgan fingerprint density at radius 2 is 2.08 bits per heavy atom. The molecule has 0 rings (SSSR count). The van der Waals surface area contributed by atoms with Crippen molar-refractivity contribution >= 4 is 0 Å². The molecule has 12 heavy (non-hydrogen) atoms. The average Bonchev–Trinajstić information content (AvgIpc) is 2.01. The van der Waals surface area contributed by atoms with E-state index in [-0.39, 0.29) is 0 Å². The summed E-state index contributed by atoms with van der Waals surface area (Å²) in [4.78, 5) is 0. The van der Waals surface area contributed by atoms with Crippen molar-refractivity contribution in [2.45, 2.75) is 20.3 Å². The summed E-state index contributed by atoms with van der Waals surface area (Å²) in [5.41, 5.74) is 0.911. The second-order valence-electron chi connectivity index (χ2n) is 2.57. The molecular formula is C9H17N3. The van der Waals surface area contributed by atoms with Gasteiger partial charge in [0, 0.05) is 14.1 Å². The predicted octanol–water partition coefficient (Wildman–Crippen LogP) is 2.79. The van der Waals surface area contributed by atoms with E-state index in [1.54, 1.807) is 5.01 Å². The lowest BCUT2D eigenvalue weighted by Gasteiger charge is -2.00. The van der Waals surface area contributed by atoms with Crippen LogP contribution < -0.4 is 0 Å². The maximum atomic E-state index is 4.03. The van der Waals surface area contributed by atoms with Gasteiger partial charge in [0.1, 0.15) is 0 Å². The van der Waals surface area contributed by atoms with Crippen molar-refractivity contribution in [1.29, 1.82) is 0 Å². The second kappa shape index (κ2) is 6.58. The largest absolute Gasteiger partial charge is 0.285 e. The zero-order valence-corrected chi connectivity index (χ0v) is 8.28. The van der Waals surface area contributed by atoms with Gasteiger partial charge in [-0.2, -0.15) is 0 Å². The van der Waals surface area contributed by atoms with E-state index in [2.05, 4.69) is 17.3 Å². The summed E-state index contributed by atoms with van der Waals surface area (Å²) in [5.74, 6) is 0. The van der Waals surface area contributed by atoms with Gasteiger partial charge < -0.3 is 0 Å². The minimum Gasteiger partial charge on any atom is -0.285 e. The van der Waals surface area contributed by atoms with E-state index in [0.717, 1.165) is 12.1 Å². The quantitative estimate of drug-likeness (QED) is 0.359. The van der Waals surface area contributed by atoms with Crippen molar-refractivity contribution in [2.75, 3.05) is 14.1 Å². The fourth-order valence-corrected chi connectivity index (χ4v) is 0.663. The molecule has 3 nitrogen and oxygen atoms in total. The van der Waals surface area contributed by atoms with E-state index in [9.17, 15) is 0 Å². The third-order valence-electron chi connectivity index (χ3n) is 1.09. The van der Waals surface area contributed by atoms with Gasteiger partial charge in [0.2, 0.25) is 0 Å². The van der Waals surface area contributed by atoms with E-state index in [1.165, 1.54) is 0 Å². The molecule has 0 atom stereocenters. The van der Waals surface area contributed by atoms with E-state index in [4.69, 9.17) is 0 Å². The lowest BCUT2D eigenvalue weighted by atomic mass is 10.3. The number of hydrogen-bond acceptors (Lipinski definition) is 2. The van der Waals surface area contributed by atoms with Crippen molar-refractivity contribution in [3.8, 4) is 0 Å². The Bertz CT molecular complexity index is 190. The Morgan fingerprint density at radius 1 is 1.42 bits per heavy atom. The van der Waals surface area contributed by atoms with Crippen LogP contribution in [0, 0.1) is 0 Å². The molecule has 0 N–H and O–H groups in total. The molecule has 3 heteroatoms. The van der Waals surface area contributed by atoms with Crippen LogP contribution in [0.4, 0.5) is 0 Å². The zero-order valence-electron chi connectivity index (χ0n) is 8.28. The lowest BCUT2D eigenvalue weighted by molar-refractivity contribution is 0.406. The topological polar surface area (TPSA) is 28.0 Å². The molecular weight excluding hydrogens is 150 g/mol. The van der Waals surface area contributed by atoms with Gasteiger partial charge in [-0.15, -0.1) is 5.11 Å². The molecule has 0 saturated carbocycles. The summed E-state index contributed by atoms with van der Waals surface area (Å²) < 4.78 is 0. The van der Waals surface area contributed by atoms with E-state index in [0.29, 0.717) is 0 Å². The Hall–Kier alpha value is -1.12. The standard InChI is InChI=1S/C9H17N3/c1-5-7-9(8-6-2)10-11-12(3)4/h5,7-8H,6H2,1-4H3/b7-5-,9-8+,11-10?. The van der Waals surface area contributed by atoms with Gasteiger partial charge in [-0.1, -0.05) is 24.3 Å². The Labute approximate surface area is 74.5 Å². The molecule has 0 unspecified atom stereocenters. The van der Waals surface area contributed by atoms with Gasteiger partial charge in [0.15, 0.2) is 0 Å². The van der Waals surface area contributed by atoms with E-state index < -0.39 is 0 Å². The zero-order chi connectivity index (χ0) is 9.40. The third kappa shape index (κ3) is 5.65. The van der Waals surface area contributed by atoms with E-state index >= 15 is 0 Å². The average molecular weight is 167 g/mol. The summed E-state index contributed by atoms with van der Waals surface area (Å²) in [6, 6.07) is 0. The van der Waals surface area contributed by atoms with Crippen molar-refractivity contribution in [3.63, 3.8) is 0 Å². The summed E-state index contributed by atoms with van der Waals surface area (Å²) in [7, 11) is 3.70. The fraction of sp³-hybridized carbons (Fsp3) is 0.556. The molecule has 0 heterocycles. The summed E-state index contributed by atoms with van der Waals surface area (Å²) in [6.07, 6.45) is 6.91. The lowest BCUT2D eigenvalue weighted by Crippen LogP contribution is -1.99. The van der Waals surface area contributed by atoms with Gasteiger partial charge in [-0.05, 0) is 19.4 Å². The molecule has 0 fully saturated rings. The first-order valence-corrected chi connectivity index (χ1v) is 4.12. The van der Waals surface area contributed by atoms with Crippen molar-refractivity contribution in [2.24, 2.45) is 10.3 Å². The molecule has 0 aliphatic heterocycles. The SMILES string of the molecule is C/C=C\C(=C/CC)N=NN(C)C. The van der Waals surface area contributed by atoms with Crippen LogP contribution >= 0.6 is 0 Å². The third-order valence-corrected chi connectivity index (χ3v) is 1.09. The fourth-order valence-electron chi connectivity index (χ4n) is 0.663. The smallest absolute Gasteiger partial charge is 0.0831 e. The minimum absolute atomic E-state index is 0.911. The molecule has 68 valence electrons. The summed E-state index contributed by atoms with van der Waals surface area (Å²) in [5, 5.41) is 9.60. The van der Waals surface area contributed by atoms with Crippen molar-refractivity contribution in [1.82, 2.24) is 5.01 Å². The van der Waals surface area contributed by atoms with E-state index in [1.807, 2.05) is 39.2 Å². The second-order valence-corrected chi connectivity index (χ2v) is 2.57. The highest BCUT2D eigenvalue weighted by molar-refractivity contribution is 5.15. The highest BCUT2D eigenvalue weighted by Gasteiger charge is 1.86. The molecule has 0 spiro atoms. The normalized spacial score (nSPS) is 13.2. The Kier molecular flexibility index (Phi) is 5.97. The van der Waals surface area contributed by atoms with Crippen LogP contribution in [-0.4, -0.2) is 19.1 Å². The molecule has 0 radical (unpaired) electrons. The molecule has 0 aromatic carbocycles. The van der Waals surface area contributed by atoms with Crippen molar-refractivity contribution < 1.29 is 0 Å². The van der Waals surface area contributed by atoms with Crippen LogP contribution in [0.2, 0.25) is 0 Å². The summed E-state index contributed by atoms with van der Waals surface area (Å²) >= 11 is 0. The van der Waals surface area contributed by atoms with Crippen molar-refractivity contribution in [3.05, 3.63) is 23.9 Å². The van der Waals surface area contributed by atoms with Gasteiger partial charge in [0.05, 0.1) is 5.70 Å². The predicted molar refractivity (Wildman–Crippen MR) is 51.7 cm³/mol. The van der Waals surface area contributed by atoms with Crippen LogP contribution in [0.3, 0.4) is 0 Å². The maximum absolute atomic E-state index is 4.03. The molecule has 0 saturated heterocycles. The monoisotopic (exact) mass is 167 g/mol. The molecule has 0 aromatic heterocycles. The molecule has 0 aromatic rings. The molecule has 0 aliphatic rings.